The van der Waals surface area contributed by atoms with Gasteiger partial charge in [-0.25, -0.2) is 13.8 Å². The average molecular weight is 454 g/mol. The van der Waals surface area contributed by atoms with E-state index >= 15 is 8.78 Å². The van der Waals surface area contributed by atoms with E-state index in [-0.39, 0.29) is 12.4 Å². The molecule has 2 aliphatic heterocycles. The van der Waals surface area contributed by atoms with Gasteiger partial charge in [0.05, 0.1) is 25.0 Å². The number of hydrogen-bond acceptors (Lipinski definition) is 7. The number of hydrogen-bond donors (Lipinski definition) is 2. The Balaban J connectivity index is 1.45. The van der Waals surface area contributed by atoms with Gasteiger partial charge in [0.25, 0.3) is 11.8 Å². The lowest BCUT2D eigenvalue weighted by molar-refractivity contribution is -0.122. The number of piperidine rings is 1. The topological polar surface area (TPSA) is 80.1 Å². The number of aromatic nitrogens is 4. The van der Waals surface area contributed by atoms with Crippen molar-refractivity contribution in [1.29, 1.82) is 0 Å². The van der Waals surface area contributed by atoms with Crippen molar-refractivity contribution in [3.63, 3.8) is 0 Å². The molecule has 8 nitrogen and oxygen atoms in total. The number of alkyl halides is 2. The Morgan fingerprint density at radius 3 is 2.84 bits per heavy atom. The summed E-state index contributed by atoms with van der Waals surface area (Å²) in [7, 11) is 0. The SMILES string of the molecule is Cc1c2c(nn1C1CCN(C3CCC3)CC1(F)F)OCCCNc1nc(ncc1Cl)N2. The maximum absolute atomic E-state index is 15.2. The van der Waals surface area contributed by atoms with Crippen LogP contribution in [0.15, 0.2) is 6.20 Å². The third-order valence-electron chi connectivity index (χ3n) is 6.43. The van der Waals surface area contributed by atoms with Gasteiger partial charge in [0.15, 0.2) is 5.82 Å². The number of ether oxygens (including phenoxy) is 1. The van der Waals surface area contributed by atoms with Gasteiger partial charge in [0.2, 0.25) is 5.95 Å². The van der Waals surface area contributed by atoms with Crippen LogP contribution in [0.4, 0.5) is 26.2 Å². The molecule has 1 saturated heterocycles. The van der Waals surface area contributed by atoms with Crippen LogP contribution in [-0.4, -0.2) is 62.9 Å². The first kappa shape index (κ1) is 20.7. The number of anilines is 3. The van der Waals surface area contributed by atoms with Crippen molar-refractivity contribution in [2.75, 3.05) is 36.9 Å². The Labute approximate surface area is 184 Å². The largest absolute Gasteiger partial charge is 0.475 e. The van der Waals surface area contributed by atoms with Gasteiger partial charge in [-0.3, -0.25) is 9.58 Å². The molecule has 1 atom stereocenters. The second kappa shape index (κ2) is 8.05. The normalized spacial score (nSPS) is 24.1. The van der Waals surface area contributed by atoms with Crippen molar-refractivity contribution in [3.05, 3.63) is 16.9 Å². The molecule has 1 unspecified atom stereocenters. The highest BCUT2D eigenvalue weighted by molar-refractivity contribution is 6.32. The van der Waals surface area contributed by atoms with Crippen LogP contribution in [0, 0.1) is 6.92 Å². The van der Waals surface area contributed by atoms with Crippen molar-refractivity contribution >= 4 is 29.1 Å². The molecule has 168 valence electrons. The van der Waals surface area contributed by atoms with E-state index in [1.165, 1.54) is 10.9 Å². The quantitative estimate of drug-likeness (QED) is 0.711. The van der Waals surface area contributed by atoms with Crippen molar-refractivity contribution < 1.29 is 13.5 Å². The maximum atomic E-state index is 15.2. The third kappa shape index (κ3) is 3.91. The summed E-state index contributed by atoms with van der Waals surface area (Å²) in [5.41, 5.74) is 1.08. The van der Waals surface area contributed by atoms with Crippen LogP contribution < -0.4 is 15.4 Å². The molecule has 0 spiro atoms. The minimum absolute atomic E-state index is 0.226. The molecule has 2 aromatic rings. The van der Waals surface area contributed by atoms with Gasteiger partial charge in [-0.15, -0.1) is 5.10 Å². The summed E-state index contributed by atoms with van der Waals surface area (Å²) in [5.74, 6) is -1.77. The van der Waals surface area contributed by atoms with E-state index < -0.39 is 12.0 Å². The van der Waals surface area contributed by atoms with Crippen molar-refractivity contribution in [2.45, 2.75) is 57.0 Å². The first-order chi connectivity index (χ1) is 14.9. The average Bonchev–Trinajstić information content (AvgIpc) is 2.96. The van der Waals surface area contributed by atoms with Crippen LogP contribution in [0.25, 0.3) is 0 Å². The molecule has 1 saturated carbocycles. The lowest BCUT2D eigenvalue weighted by Crippen LogP contribution is -2.54. The molecule has 2 fully saturated rings. The van der Waals surface area contributed by atoms with Gasteiger partial charge < -0.3 is 15.4 Å². The number of nitrogens with zero attached hydrogens (tertiary/aromatic N) is 5. The number of halogens is 3. The molecule has 2 bridgehead atoms. The number of nitrogens with one attached hydrogen (secondary N) is 2. The molecule has 2 aromatic heterocycles. The lowest BCUT2D eigenvalue weighted by atomic mass is 9.88. The minimum Gasteiger partial charge on any atom is -0.475 e. The third-order valence-corrected chi connectivity index (χ3v) is 6.71. The molecule has 0 radical (unpaired) electrons. The second-order valence-electron chi connectivity index (χ2n) is 8.47. The summed E-state index contributed by atoms with van der Waals surface area (Å²) < 4.78 is 37.7. The second-order valence-corrected chi connectivity index (χ2v) is 8.88. The molecule has 0 amide bonds. The van der Waals surface area contributed by atoms with Crippen LogP contribution in [0.3, 0.4) is 0 Å². The maximum Gasteiger partial charge on any atom is 0.282 e. The van der Waals surface area contributed by atoms with E-state index in [1.54, 1.807) is 6.92 Å². The Morgan fingerprint density at radius 1 is 1.26 bits per heavy atom. The van der Waals surface area contributed by atoms with Gasteiger partial charge in [0.1, 0.15) is 16.8 Å². The van der Waals surface area contributed by atoms with Crippen LogP contribution in [0.1, 0.15) is 43.8 Å². The van der Waals surface area contributed by atoms with Gasteiger partial charge in [-0.05, 0) is 32.6 Å². The van der Waals surface area contributed by atoms with Crippen molar-refractivity contribution in [2.24, 2.45) is 0 Å². The van der Waals surface area contributed by atoms with Crippen molar-refractivity contribution in [3.8, 4) is 5.88 Å². The minimum atomic E-state index is -2.88. The fourth-order valence-electron chi connectivity index (χ4n) is 4.47. The molecule has 4 heterocycles. The summed E-state index contributed by atoms with van der Waals surface area (Å²) in [5, 5.41) is 11.1. The zero-order valence-electron chi connectivity index (χ0n) is 17.4. The first-order valence-corrected chi connectivity index (χ1v) is 11.2. The molecule has 1 aliphatic carbocycles. The van der Waals surface area contributed by atoms with E-state index in [0.717, 1.165) is 19.3 Å². The highest BCUT2D eigenvalue weighted by Crippen LogP contribution is 2.42. The summed E-state index contributed by atoms with van der Waals surface area (Å²) >= 11 is 6.16. The number of likely N-dealkylation sites (tertiary alicyclic amines) is 1. The van der Waals surface area contributed by atoms with Crippen LogP contribution in [0.2, 0.25) is 5.02 Å². The van der Waals surface area contributed by atoms with E-state index in [9.17, 15) is 0 Å². The summed E-state index contributed by atoms with van der Waals surface area (Å²) in [6, 6.07) is -0.713. The fraction of sp³-hybridized carbons (Fsp3) is 0.650. The lowest BCUT2D eigenvalue weighted by Gasteiger charge is -2.45. The van der Waals surface area contributed by atoms with E-state index in [2.05, 4.69) is 25.7 Å². The van der Waals surface area contributed by atoms with Gasteiger partial charge in [-0.1, -0.05) is 18.0 Å². The molecular weight excluding hydrogens is 428 g/mol. The van der Waals surface area contributed by atoms with Gasteiger partial charge in [-0.2, -0.15) is 4.98 Å². The van der Waals surface area contributed by atoms with E-state index in [1.807, 2.05) is 4.90 Å². The zero-order valence-corrected chi connectivity index (χ0v) is 18.1. The summed E-state index contributed by atoms with van der Waals surface area (Å²) in [6.45, 7) is 3.18. The monoisotopic (exact) mass is 453 g/mol. The first-order valence-electron chi connectivity index (χ1n) is 10.8. The predicted molar refractivity (Wildman–Crippen MR) is 114 cm³/mol. The molecule has 5 rings (SSSR count). The zero-order chi connectivity index (χ0) is 21.6. The van der Waals surface area contributed by atoms with E-state index in [4.69, 9.17) is 16.3 Å². The number of rotatable bonds is 2. The molecule has 2 N–H and O–H groups in total. The molecule has 3 aliphatic rings. The Bertz CT molecular complexity index is 965. The Morgan fingerprint density at radius 2 is 2.10 bits per heavy atom. The van der Waals surface area contributed by atoms with Crippen molar-refractivity contribution in [1.82, 2.24) is 24.6 Å². The Kier molecular flexibility index (Phi) is 5.37. The van der Waals surface area contributed by atoms with E-state index in [0.29, 0.717) is 66.8 Å². The summed E-state index contributed by atoms with van der Waals surface area (Å²) in [6.07, 6.45) is 5.69. The number of fused-ring (bicyclic) bond motifs is 3. The highest BCUT2D eigenvalue weighted by atomic mass is 35.5. The molecular formula is C20H26ClF2N7O. The standard InChI is InChI=1S/C20H26ClF2N7O/c1-12-16-18(31-9-3-7-24-17-14(21)10-25-19(26-16)27-17)28-30(12)15-6-8-29(11-20(15,22)23)13-4-2-5-13/h10,13,15H,2-9,11H2,1H3,(H2,24,25,26,27). The van der Waals surface area contributed by atoms with Gasteiger partial charge >= 0.3 is 0 Å². The predicted octanol–water partition coefficient (Wildman–Crippen LogP) is 4.01. The smallest absolute Gasteiger partial charge is 0.282 e. The van der Waals surface area contributed by atoms with Gasteiger partial charge in [0, 0.05) is 19.1 Å². The summed E-state index contributed by atoms with van der Waals surface area (Å²) in [4.78, 5) is 10.5. The molecule has 11 heteroatoms. The molecule has 0 aromatic carbocycles. The highest BCUT2D eigenvalue weighted by Gasteiger charge is 2.49. The van der Waals surface area contributed by atoms with Crippen LogP contribution in [-0.2, 0) is 0 Å². The fourth-order valence-corrected chi connectivity index (χ4v) is 4.63. The Hall–Kier alpha value is -2.20. The van der Waals surface area contributed by atoms with Crippen LogP contribution >= 0.6 is 11.6 Å². The van der Waals surface area contributed by atoms with Crippen LogP contribution in [0.5, 0.6) is 5.88 Å². The molecule has 31 heavy (non-hydrogen) atoms.